The maximum atomic E-state index is 5.53. The van der Waals surface area contributed by atoms with Gasteiger partial charge in [-0.1, -0.05) is 0 Å². The van der Waals surface area contributed by atoms with E-state index in [2.05, 4.69) is 10.4 Å². The minimum atomic E-state index is 0.105. The molecule has 2 aromatic heterocycles. The molecule has 1 unspecified atom stereocenters. The molecule has 2 rings (SSSR count). The van der Waals surface area contributed by atoms with Gasteiger partial charge in [0, 0.05) is 11.1 Å². The highest BCUT2D eigenvalue weighted by Crippen LogP contribution is 2.23. The topological polar surface area (TPSA) is 64.1 Å². The van der Waals surface area contributed by atoms with Crippen molar-refractivity contribution in [2.24, 2.45) is 5.84 Å². The molecule has 0 aliphatic carbocycles. The number of hydrazine groups is 1. The Morgan fingerprint density at radius 2 is 2.53 bits per heavy atom. The van der Waals surface area contributed by atoms with Crippen LogP contribution in [0.5, 0.6) is 0 Å². The Kier molecular flexibility index (Phi) is 3.15. The van der Waals surface area contributed by atoms with Gasteiger partial charge < -0.3 is 4.42 Å². The monoisotopic (exact) mass is 223 g/mol. The lowest BCUT2D eigenvalue weighted by molar-refractivity contribution is 0.540. The van der Waals surface area contributed by atoms with Gasteiger partial charge in [-0.3, -0.25) is 11.3 Å². The molecule has 0 saturated carbocycles. The number of nitrogens with one attached hydrogen (secondary N) is 1. The van der Waals surface area contributed by atoms with Gasteiger partial charge in [-0.2, -0.15) is 0 Å². The van der Waals surface area contributed by atoms with Gasteiger partial charge in [0.2, 0.25) is 0 Å². The smallest absolute Gasteiger partial charge is 0.0935 e. The van der Waals surface area contributed by atoms with Crippen molar-refractivity contribution in [3.63, 3.8) is 0 Å². The van der Waals surface area contributed by atoms with Gasteiger partial charge in [0.05, 0.1) is 23.6 Å². The summed E-state index contributed by atoms with van der Waals surface area (Å²) in [5.74, 6) is 5.53. The van der Waals surface area contributed by atoms with E-state index in [1.807, 2.05) is 19.2 Å². The molecule has 0 fully saturated rings. The maximum Gasteiger partial charge on any atom is 0.0935 e. The first kappa shape index (κ1) is 10.4. The van der Waals surface area contributed by atoms with Crippen molar-refractivity contribution in [1.82, 2.24) is 10.4 Å². The third kappa shape index (κ3) is 2.44. The van der Waals surface area contributed by atoms with Gasteiger partial charge in [-0.05, 0) is 25.0 Å². The van der Waals surface area contributed by atoms with Gasteiger partial charge in [0.15, 0.2) is 0 Å². The molecule has 0 amide bonds. The fourth-order valence-corrected chi connectivity index (χ4v) is 2.27. The molecule has 0 bridgehead atoms. The lowest BCUT2D eigenvalue weighted by Gasteiger charge is -2.11. The average Bonchev–Trinajstić information content (AvgIpc) is 2.85. The normalized spacial score (nSPS) is 12.9. The zero-order valence-electron chi connectivity index (χ0n) is 8.43. The Bertz CT molecular complexity index is 410. The lowest BCUT2D eigenvalue weighted by Crippen LogP contribution is -2.28. The van der Waals surface area contributed by atoms with Crippen molar-refractivity contribution in [1.29, 1.82) is 0 Å². The Morgan fingerprint density at radius 1 is 1.67 bits per heavy atom. The van der Waals surface area contributed by atoms with E-state index in [1.54, 1.807) is 23.9 Å². The van der Waals surface area contributed by atoms with E-state index in [4.69, 9.17) is 10.3 Å². The van der Waals surface area contributed by atoms with Crippen LogP contribution in [0.4, 0.5) is 0 Å². The van der Waals surface area contributed by atoms with Crippen LogP contribution in [0.25, 0.3) is 0 Å². The molecule has 4 nitrogen and oxygen atoms in total. The number of aromatic nitrogens is 1. The fraction of sp³-hybridized carbons (Fsp3) is 0.300. The molecule has 15 heavy (non-hydrogen) atoms. The second kappa shape index (κ2) is 4.57. The van der Waals surface area contributed by atoms with Gasteiger partial charge in [0.1, 0.15) is 0 Å². The second-order valence-corrected chi connectivity index (χ2v) is 4.60. The minimum Gasteiger partial charge on any atom is -0.472 e. The predicted molar refractivity (Wildman–Crippen MR) is 59.3 cm³/mol. The predicted octanol–water partition coefficient (Wildman–Crippen LogP) is 1.79. The molecule has 0 aliphatic heterocycles. The van der Waals surface area contributed by atoms with E-state index in [1.165, 1.54) is 0 Å². The highest BCUT2D eigenvalue weighted by atomic mass is 32.1. The van der Waals surface area contributed by atoms with E-state index in [0.29, 0.717) is 0 Å². The van der Waals surface area contributed by atoms with Crippen molar-refractivity contribution >= 4 is 11.3 Å². The fourth-order valence-electron chi connectivity index (χ4n) is 1.43. The summed E-state index contributed by atoms with van der Waals surface area (Å²) < 4.78 is 5.02. The van der Waals surface area contributed by atoms with Gasteiger partial charge in [-0.25, -0.2) is 4.98 Å². The molecule has 0 aliphatic rings. The summed E-state index contributed by atoms with van der Waals surface area (Å²) in [5, 5.41) is 1.05. The van der Waals surface area contributed by atoms with Crippen LogP contribution in [0.3, 0.4) is 0 Å². The molecular formula is C10H13N3OS. The molecule has 0 aromatic carbocycles. The van der Waals surface area contributed by atoms with Crippen molar-refractivity contribution in [2.45, 2.75) is 19.4 Å². The molecule has 1 atom stereocenters. The Labute approximate surface area is 92.1 Å². The summed E-state index contributed by atoms with van der Waals surface area (Å²) in [7, 11) is 0. The Hall–Kier alpha value is -1.17. The molecule has 3 N–H and O–H groups in total. The Morgan fingerprint density at radius 3 is 3.07 bits per heavy atom. The molecule has 5 heteroatoms. The summed E-state index contributed by atoms with van der Waals surface area (Å²) >= 11 is 1.66. The number of nitrogens with zero attached hydrogens (tertiary/aromatic N) is 1. The van der Waals surface area contributed by atoms with Crippen molar-refractivity contribution in [3.05, 3.63) is 40.2 Å². The zero-order valence-corrected chi connectivity index (χ0v) is 9.25. The molecular weight excluding hydrogens is 210 g/mol. The molecule has 0 radical (unpaired) electrons. The van der Waals surface area contributed by atoms with Gasteiger partial charge >= 0.3 is 0 Å². The standard InChI is InChI=1S/C10H13N3OS/c1-7-12-5-10(15-7)9(13-11)4-8-2-3-14-6-8/h2-3,5-6,9,13H,4,11H2,1H3. The maximum absolute atomic E-state index is 5.53. The third-order valence-corrected chi connectivity index (χ3v) is 3.23. The van der Waals surface area contributed by atoms with Crippen LogP contribution in [-0.4, -0.2) is 4.98 Å². The number of rotatable bonds is 4. The van der Waals surface area contributed by atoms with E-state index in [9.17, 15) is 0 Å². The third-order valence-electron chi connectivity index (χ3n) is 2.20. The molecule has 2 aromatic rings. The van der Waals surface area contributed by atoms with Crippen LogP contribution in [-0.2, 0) is 6.42 Å². The summed E-state index contributed by atoms with van der Waals surface area (Å²) in [6, 6.07) is 2.05. The van der Waals surface area contributed by atoms with Gasteiger partial charge in [-0.15, -0.1) is 11.3 Å². The zero-order chi connectivity index (χ0) is 10.7. The quantitative estimate of drug-likeness (QED) is 0.612. The average molecular weight is 223 g/mol. The van der Waals surface area contributed by atoms with Crippen LogP contribution in [0.1, 0.15) is 21.5 Å². The number of hydrogen-bond acceptors (Lipinski definition) is 5. The highest BCUT2D eigenvalue weighted by molar-refractivity contribution is 7.11. The van der Waals surface area contributed by atoms with Crippen LogP contribution >= 0.6 is 11.3 Å². The number of hydrogen-bond donors (Lipinski definition) is 2. The molecule has 80 valence electrons. The first-order valence-electron chi connectivity index (χ1n) is 4.69. The minimum absolute atomic E-state index is 0.105. The number of nitrogens with two attached hydrogens (primary N) is 1. The SMILES string of the molecule is Cc1ncc(C(Cc2ccoc2)NN)s1. The first-order valence-corrected chi connectivity index (χ1v) is 5.51. The second-order valence-electron chi connectivity index (χ2n) is 3.34. The highest BCUT2D eigenvalue weighted by Gasteiger charge is 2.13. The molecule has 0 saturated heterocycles. The number of furan rings is 1. The van der Waals surface area contributed by atoms with Crippen molar-refractivity contribution < 1.29 is 4.42 Å². The molecule has 2 heterocycles. The summed E-state index contributed by atoms with van der Waals surface area (Å²) in [4.78, 5) is 5.36. The lowest BCUT2D eigenvalue weighted by atomic mass is 10.1. The van der Waals surface area contributed by atoms with E-state index in [-0.39, 0.29) is 6.04 Å². The van der Waals surface area contributed by atoms with E-state index < -0.39 is 0 Å². The number of thiazole rings is 1. The van der Waals surface area contributed by atoms with E-state index in [0.717, 1.165) is 21.9 Å². The first-order chi connectivity index (χ1) is 7.29. The largest absolute Gasteiger partial charge is 0.472 e. The number of aryl methyl sites for hydroxylation is 1. The summed E-state index contributed by atoms with van der Waals surface area (Å²) in [6.45, 7) is 1.99. The van der Waals surface area contributed by atoms with Crippen LogP contribution in [0, 0.1) is 6.92 Å². The summed E-state index contributed by atoms with van der Waals surface area (Å²) in [6.07, 6.45) is 6.08. The molecule has 0 spiro atoms. The van der Waals surface area contributed by atoms with Gasteiger partial charge in [0.25, 0.3) is 0 Å². The van der Waals surface area contributed by atoms with Crippen molar-refractivity contribution in [2.75, 3.05) is 0 Å². The van der Waals surface area contributed by atoms with E-state index >= 15 is 0 Å². The summed E-state index contributed by atoms with van der Waals surface area (Å²) in [5.41, 5.74) is 3.93. The van der Waals surface area contributed by atoms with Crippen LogP contribution in [0.15, 0.2) is 29.2 Å². The van der Waals surface area contributed by atoms with Crippen molar-refractivity contribution in [3.8, 4) is 0 Å². The van der Waals surface area contributed by atoms with Crippen LogP contribution < -0.4 is 11.3 Å². The van der Waals surface area contributed by atoms with Crippen LogP contribution in [0.2, 0.25) is 0 Å². The Balaban J connectivity index is 2.11.